The third-order valence-electron chi connectivity index (χ3n) is 3.72. The molecule has 19 heavy (non-hydrogen) atoms. The summed E-state index contributed by atoms with van der Waals surface area (Å²) in [6.45, 7) is 3.06. The molecule has 0 spiro atoms. The summed E-state index contributed by atoms with van der Waals surface area (Å²) in [5.41, 5.74) is 0.765. The highest BCUT2D eigenvalue weighted by Gasteiger charge is 2.25. The van der Waals surface area contributed by atoms with Gasteiger partial charge in [-0.15, -0.1) is 0 Å². The van der Waals surface area contributed by atoms with Crippen LogP contribution in [0.2, 0.25) is 0 Å². The lowest BCUT2D eigenvalue weighted by molar-refractivity contribution is 0.0678. The Kier molecular flexibility index (Phi) is 5.46. The number of rotatable bonds is 2. The summed E-state index contributed by atoms with van der Waals surface area (Å²) in [4.78, 5) is 14.8. The minimum Gasteiger partial charge on any atom is -0.336 e. The smallest absolute Gasteiger partial charge is 0.254 e. The van der Waals surface area contributed by atoms with Gasteiger partial charge in [0.2, 0.25) is 0 Å². The summed E-state index contributed by atoms with van der Waals surface area (Å²) in [7, 11) is 0. The minimum atomic E-state index is 0.163. The van der Waals surface area contributed by atoms with Gasteiger partial charge in [0.25, 0.3) is 5.91 Å². The van der Waals surface area contributed by atoms with Gasteiger partial charge < -0.3 is 4.90 Å². The fraction of sp³-hybridized carbons (Fsp3) is 0.533. The standard InChI is InChI=1S/C15H19Br2NO/c1-2-14-6-4-3-5-7-18(14)15(19)11-8-12(16)10-13(17)9-11/h8-10,14H,2-7H2,1H3. The van der Waals surface area contributed by atoms with Crippen molar-refractivity contribution in [2.45, 2.75) is 45.1 Å². The highest BCUT2D eigenvalue weighted by Crippen LogP contribution is 2.25. The van der Waals surface area contributed by atoms with Gasteiger partial charge in [-0.25, -0.2) is 0 Å². The second kappa shape index (κ2) is 6.89. The molecule has 0 saturated carbocycles. The monoisotopic (exact) mass is 387 g/mol. The van der Waals surface area contributed by atoms with Crippen molar-refractivity contribution < 1.29 is 4.79 Å². The van der Waals surface area contributed by atoms with Crippen LogP contribution >= 0.6 is 31.9 Å². The second-order valence-electron chi connectivity index (χ2n) is 5.07. The van der Waals surface area contributed by atoms with E-state index in [1.807, 2.05) is 18.2 Å². The molecule has 0 radical (unpaired) electrons. The summed E-state index contributed by atoms with van der Waals surface area (Å²) in [6.07, 6.45) is 5.78. The lowest BCUT2D eigenvalue weighted by Gasteiger charge is -2.29. The van der Waals surface area contributed by atoms with Gasteiger partial charge in [0, 0.05) is 27.1 Å². The largest absolute Gasteiger partial charge is 0.336 e. The van der Waals surface area contributed by atoms with Gasteiger partial charge >= 0.3 is 0 Å². The first-order chi connectivity index (χ1) is 9.11. The van der Waals surface area contributed by atoms with E-state index in [1.165, 1.54) is 12.8 Å². The van der Waals surface area contributed by atoms with E-state index >= 15 is 0 Å². The molecule has 0 N–H and O–H groups in total. The van der Waals surface area contributed by atoms with Crippen molar-refractivity contribution in [3.05, 3.63) is 32.7 Å². The van der Waals surface area contributed by atoms with Gasteiger partial charge in [-0.05, 0) is 37.5 Å². The number of hydrogen-bond acceptors (Lipinski definition) is 1. The maximum absolute atomic E-state index is 12.7. The summed E-state index contributed by atoms with van der Waals surface area (Å²) < 4.78 is 1.88. The van der Waals surface area contributed by atoms with Crippen molar-refractivity contribution in [1.29, 1.82) is 0 Å². The molecule has 1 aliphatic heterocycles. The maximum Gasteiger partial charge on any atom is 0.254 e. The van der Waals surface area contributed by atoms with Crippen molar-refractivity contribution in [3.8, 4) is 0 Å². The first-order valence-electron chi connectivity index (χ1n) is 6.89. The van der Waals surface area contributed by atoms with Crippen LogP contribution in [0.25, 0.3) is 0 Å². The molecule has 1 heterocycles. The lowest BCUT2D eigenvalue weighted by Crippen LogP contribution is -2.39. The number of likely N-dealkylation sites (tertiary alicyclic amines) is 1. The molecule has 1 amide bonds. The zero-order chi connectivity index (χ0) is 13.8. The highest BCUT2D eigenvalue weighted by molar-refractivity contribution is 9.11. The first-order valence-corrected chi connectivity index (χ1v) is 8.47. The lowest BCUT2D eigenvalue weighted by atomic mass is 10.1. The molecule has 1 unspecified atom stereocenters. The third kappa shape index (κ3) is 3.82. The Labute approximate surface area is 131 Å². The Hall–Kier alpha value is -0.350. The number of nitrogens with zero attached hydrogens (tertiary/aromatic N) is 1. The van der Waals surface area contributed by atoms with Gasteiger partial charge in [-0.2, -0.15) is 0 Å². The van der Waals surface area contributed by atoms with Crippen LogP contribution in [0.4, 0.5) is 0 Å². The van der Waals surface area contributed by atoms with Crippen LogP contribution in [-0.4, -0.2) is 23.4 Å². The van der Waals surface area contributed by atoms with E-state index in [0.29, 0.717) is 6.04 Å². The molecular weight excluding hydrogens is 370 g/mol. The van der Waals surface area contributed by atoms with Crippen molar-refractivity contribution in [3.63, 3.8) is 0 Å². The van der Waals surface area contributed by atoms with Crippen molar-refractivity contribution in [2.75, 3.05) is 6.54 Å². The normalized spacial score (nSPS) is 20.2. The SMILES string of the molecule is CCC1CCCCCN1C(=O)c1cc(Br)cc(Br)c1. The van der Waals surface area contributed by atoms with Crippen LogP contribution in [0.1, 0.15) is 49.4 Å². The Morgan fingerprint density at radius 1 is 1.21 bits per heavy atom. The Balaban J connectivity index is 2.25. The minimum absolute atomic E-state index is 0.163. The van der Waals surface area contributed by atoms with Crippen molar-refractivity contribution >= 4 is 37.8 Å². The average Bonchev–Trinajstić information content (AvgIpc) is 2.61. The predicted octanol–water partition coefficient (Wildman–Crippen LogP) is 5.01. The first kappa shape index (κ1) is 15.0. The van der Waals surface area contributed by atoms with Crippen LogP contribution in [0.3, 0.4) is 0 Å². The molecule has 1 atom stereocenters. The van der Waals surface area contributed by atoms with Crippen LogP contribution in [0, 0.1) is 0 Å². The molecule has 1 aromatic rings. The molecule has 1 fully saturated rings. The number of halogens is 2. The van der Waals surface area contributed by atoms with Crippen molar-refractivity contribution in [1.82, 2.24) is 4.90 Å². The van der Waals surface area contributed by atoms with Gasteiger partial charge in [0.1, 0.15) is 0 Å². The maximum atomic E-state index is 12.7. The molecule has 1 aromatic carbocycles. The molecule has 4 heteroatoms. The van der Waals surface area contributed by atoms with Gasteiger partial charge in [-0.1, -0.05) is 51.6 Å². The van der Waals surface area contributed by atoms with E-state index in [0.717, 1.165) is 40.3 Å². The molecular formula is C15H19Br2NO. The quantitative estimate of drug-likeness (QED) is 0.697. The van der Waals surface area contributed by atoms with Crippen LogP contribution < -0.4 is 0 Å². The van der Waals surface area contributed by atoms with Gasteiger partial charge in [-0.3, -0.25) is 4.79 Å². The van der Waals surface area contributed by atoms with Gasteiger partial charge in [0.15, 0.2) is 0 Å². The Morgan fingerprint density at radius 3 is 2.53 bits per heavy atom. The summed E-state index contributed by atoms with van der Waals surface area (Å²) in [5, 5.41) is 0. The topological polar surface area (TPSA) is 20.3 Å². The fourth-order valence-corrected chi connectivity index (χ4v) is 4.01. The highest BCUT2D eigenvalue weighted by atomic mass is 79.9. The molecule has 2 nitrogen and oxygen atoms in total. The Morgan fingerprint density at radius 2 is 1.89 bits per heavy atom. The number of hydrogen-bond donors (Lipinski definition) is 0. The van der Waals surface area contributed by atoms with E-state index in [4.69, 9.17) is 0 Å². The number of amides is 1. The molecule has 0 aliphatic carbocycles. The molecule has 104 valence electrons. The van der Waals surface area contributed by atoms with E-state index in [9.17, 15) is 4.79 Å². The molecule has 1 saturated heterocycles. The fourth-order valence-electron chi connectivity index (χ4n) is 2.71. The van der Waals surface area contributed by atoms with Gasteiger partial charge in [0.05, 0.1) is 0 Å². The van der Waals surface area contributed by atoms with E-state index in [2.05, 4.69) is 43.7 Å². The van der Waals surface area contributed by atoms with Crippen LogP contribution in [-0.2, 0) is 0 Å². The average molecular weight is 389 g/mol. The predicted molar refractivity (Wildman–Crippen MR) is 85.4 cm³/mol. The number of benzene rings is 1. The number of carbonyl (C=O) groups is 1. The second-order valence-corrected chi connectivity index (χ2v) is 6.90. The van der Waals surface area contributed by atoms with Crippen LogP contribution in [0.15, 0.2) is 27.1 Å². The molecule has 1 aliphatic rings. The van der Waals surface area contributed by atoms with Crippen LogP contribution in [0.5, 0.6) is 0 Å². The molecule has 2 rings (SSSR count). The number of carbonyl (C=O) groups excluding carboxylic acids is 1. The Bertz CT molecular complexity index is 441. The third-order valence-corrected chi connectivity index (χ3v) is 4.63. The zero-order valence-corrected chi connectivity index (χ0v) is 14.3. The summed E-state index contributed by atoms with van der Waals surface area (Å²) in [5.74, 6) is 0.163. The molecule has 0 aromatic heterocycles. The van der Waals surface area contributed by atoms with E-state index in [-0.39, 0.29) is 5.91 Å². The summed E-state index contributed by atoms with van der Waals surface area (Å²) >= 11 is 6.90. The van der Waals surface area contributed by atoms with E-state index < -0.39 is 0 Å². The summed E-state index contributed by atoms with van der Waals surface area (Å²) in [6, 6.07) is 6.17. The zero-order valence-electron chi connectivity index (χ0n) is 11.2. The van der Waals surface area contributed by atoms with Crippen molar-refractivity contribution in [2.24, 2.45) is 0 Å². The van der Waals surface area contributed by atoms with E-state index in [1.54, 1.807) is 0 Å². The molecule has 0 bridgehead atoms.